The molecule has 3 heteroatoms. The number of nitrogens with zero attached hydrogens (tertiary/aromatic N) is 1. The van der Waals surface area contributed by atoms with Crippen molar-refractivity contribution in [3.63, 3.8) is 0 Å². The van der Waals surface area contributed by atoms with Crippen LogP contribution in [-0.4, -0.2) is 16.9 Å². The van der Waals surface area contributed by atoms with E-state index in [4.69, 9.17) is 11.6 Å². The molecule has 1 unspecified atom stereocenters. The highest BCUT2D eigenvalue weighted by molar-refractivity contribution is 6.18. The number of nitrogens with one attached hydrogen (secondary N) is 1. The number of para-hydroxylation sites is 1. The lowest BCUT2D eigenvalue weighted by molar-refractivity contribution is 0.896. The van der Waals surface area contributed by atoms with E-state index < -0.39 is 0 Å². The summed E-state index contributed by atoms with van der Waals surface area (Å²) in [6, 6.07) is 10.5. The Kier molecular flexibility index (Phi) is 3.30. The number of pyridine rings is 1. The minimum Gasteiger partial charge on any atom is -0.366 e. The molecule has 1 heterocycles. The molecule has 2 nitrogen and oxygen atoms in total. The van der Waals surface area contributed by atoms with Crippen molar-refractivity contribution in [2.45, 2.75) is 19.9 Å². The number of hydrogen-bond donors (Lipinski definition) is 1. The van der Waals surface area contributed by atoms with E-state index in [2.05, 4.69) is 29.4 Å². The lowest BCUT2D eigenvalue weighted by atomic mass is 10.1. The van der Waals surface area contributed by atoms with Gasteiger partial charge in [0, 0.05) is 17.3 Å². The van der Waals surface area contributed by atoms with Gasteiger partial charge in [0.1, 0.15) is 5.82 Å². The fourth-order valence-corrected chi connectivity index (χ4v) is 1.72. The fraction of sp³-hybridized carbons (Fsp3) is 0.308. The normalized spacial score (nSPS) is 12.7. The van der Waals surface area contributed by atoms with Gasteiger partial charge in [0.25, 0.3) is 0 Å². The first-order valence-corrected chi connectivity index (χ1v) is 5.93. The molecule has 1 aromatic carbocycles. The van der Waals surface area contributed by atoms with Gasteiger partial charge in [0.15, 0.2) is 0 Å². The molecular formula is C13H15ClN2. The van der Waals surface area contributed by atoms with Crippen LogP contribution in [0.25, 0.3) is 10.9 Å². The molecule has 0 aliphatic rings. The molecule has 0 radical (unpaired) electrons. The monoisotopic (exact) mass is 234 g/mol. The zero-order valence-electron chi connectivity index (χ0n) is 9.50. The van der Waals surface area contributed by atoms with E-state index in [-0.39, 0.29) is 6.04 Å². The smallest absolute Gasteiger partial charge is 0.129 e. The third-order valence-electron chi connectivity index (χ3n) is 2.53. The molecule has 2 rings (SSSR count). The first-order chi connectivity index (χ1) is 7.70. The zero-order valence-corrected chi connectivity index (χ0v) is 10.3. The van der Waals surface area contributed by atoms with E-state index in [1.807, 2.05) is 25.1 Å². The van der Waals surface area contributed by atoms with Gasteiger partial charge >= 0.3 is 0 Å². The highest BCUT2D eigenvalue weighted by Crippen LogP contribution is 2.20. The number of anilines is 1. The van der Waals surface area contributed by atoms with Crippen molar-refractivity contribution in [1.82, 2.24) is 4.98 Å². The summed E-state index contributed by atoms with van der Waals surface area (Å²) in [4.78, 5) is 4.59. The lowest BCUT2D eigenvalue weighted by Gasteiger charge is -2.14. The van der Waals surface area contributed by atoms with E-state index in [9.17, 15) is 0 Å². The zero-order chi connectivity index (χ0) is 11.5. The minimum absolute atomic E-state index is 0.231. The van der Waals surface area contributed by atoms with E-state index in [1.165, 1.54) is 5.39 Å². The summed E-state index contributed by atoms with van der Waals surface area (Å²) >= 11 is 5.78. The van der Waals surface area contributed by atoms with Crippen LogP contribution in [0.4, 0.5) is 5.82 Å². The van der Waals surface area contributed by atoms with E-state index in [0.717, 1.165) is 16.9 Å². The number of fused-ring (bicyclic) bond motifs is 1. The predicted molar refractivity (Wildman–Crippen MR) is 70.3 cm³/mol. The summed E-state index contributed by atoms with van der Waals surface area (Å²) in [5.74, 6) is 1.50. The van der Waals surface area contributed by atoms with Crippen molar-refractivity contribution in [2.75, 3.05) is 11.2 Å². The molecule has 1 aromatic heterocycles. The summed E-state index contributed by atoms with van der Waals surface area (Å²) in [7, 11) is 0. The number of alkyl halides is 1. The van der Waals surface area contributed by atoms with Crippen molar-refractivity contribution in [1.29, 1.82) is 0 Å². The third kappa shape index (κ3) is 2.27. The largest absolute Gasteiger partial charge is 0.366 e. The van der Waals surface area contributed by atoms with Crippen LogP contribution in [0.5, 0.6) is 0 Å². The highest BCUT2D eigenvalue weighted by atomic mass is 35.5. The van der Waals surface area contributed by atoms with Crippen LogP contribution in [0.2, 0.25) is 0 Å². The van der Waals surface area contributed by atoms with Gasteiger partial charge in [0.2, 0.25) is 0 Å². The van der Waals surface area contributed by atoms with Crippen LogP contribution in [0, 0.1) is 6.92 Å². The van der Waals surface area contributed by atoms with Crippen LogP contribution in [0.3, 0.4) is 0 Å². The molecule has 0 spiro atoms. The molecule has 0 aliphatic carbocycles. The number of rotatable bonds is 3. The van der Waals surface area contributed by atoms with Crippen LogP contribution in [0.1, 0.15) is 12.5 Å². The van der Waals surface area contributed by atoms with Crippen LogP contribution >= 0.6 is 11.6 Å². The summed E-state index contributed by atoms with van der Waals surface area (Å²) in [6.45, 7) is 4.10. The summed E-state index contributed by atoms with van der Waals surface area (Å²) in [6.07, 6.45) is 0. The van der Waals surface area contributed by atoms with Crippen molar-refractivity contribution in [2.24, 2.45) is 0 Å². The Hall–Kier alpha value is -1.28. The van der Waals surface area contributed by atoms with E-state index in [1.54, 1.807) is 0 Å². The van der Waals surface area contributed by atoms with Gasteiger partial charge in [-0.05, 0) is 31.5 Å². The Labute approximate surface area is 101 Å². The van der Waals surface area contributed by atoms with Gasteiger partial charge in [-0.1, -0.05) is 18.2 Å². The van der Waals surface area contributed by atoms with Crippen LogP contribution in [0.15, 0.2) is 30.3 Å². The van der Waals surface area contributed by atoms with Crippen LogP contribution in [-0.2, 0) is 0 Å². The van der Waals surface area contributed by atoms with E-state index in [0.29, 0.717) is 5.88 Å². The number of halogens is 1. The average molecular weight is 235 g/mol. The first-order valence-electron chi connectivity index (χ1n) is 5.39. The number of benzene rings is 1. The van der Waals surface area contributed by atoms with Crippen molar-refractivity contribution in [3.05, 3.63) is 35.9 Å². The van der Waals surface area contributed by atoms with Gasteiger partial charge < -0.3 is 5.32 Å². The Morgan fingerprint density at radius 1 is 1.38 bits per heavy atom. The van der Waals surface area contributed by atoms with Crippen LogP contribution < -0.4 is 5.32 Å². The molecule has 0 saturated heterocycles. The Morgan fingerprint density at radius 2 is 2.12 bits per heavy atom. The minimum atomic E-state index is 0.231. The second-order valence-electron chi connectivity index (χ2n) is 4.05. The number of aromatic nitrogens is 1. The topological polar surface area (TPSA) is 24.9 Å². The summed E-state index contributed by atoms with van der Waals surface area (Å²) in [5, 5.41) is 4.48. The molecule has 0 bridgehead atoms. The Bertz CT molecular complexity index is 496. The fourth-order valence-electron chi connectivity index (χ4n) is 1.64. The molecule has 0 saturated carbocycles. The quantitative estimate of drug-likeness (QED) is 0.822. The summed E-state index contributed by atoms with van der Waals surface area (Å²) in [5.41, 5.74) is 2.16. The van der Waals surface area contributed by atoms with Gasteiger partial charge in [-0.2, -0.15) is 0 Å². The van der Waals surface area contributed by atoms with Crippen molar-refractivity contribution < 1.29 is 0 Å². The predicted octanol–water partition coefficient (Wildman–Crippen LogP) is 3.58. The molecule has 16 heavy (non-hydrogen) atoms. The Balaban J connectivity index is 2.42. The maximum absolute atomic E-state index is 5.78. The maximum atomic E-state index is 5.78. The second kappa shape index (κ2) is 4.71. The molecule has 0 aliphatic heterocycles. The number of aryl methyl sites for hydroxylation is 1. The Morgan fingerprint density at radius 3 is 2.88 bits per heavy atom. The van der Waals surface area contributed by atoms with Gasteiger partial charge in [0.05, 0.1) is 5.52 Å². The average Bonchev–Trinajstić information content (AvgIpc) is 2.30. The molecule has 2 aromatic rings. The molecule has 0 amide bonds. The molecule has 84 valence electrons. The van der Waals surface area contributed by atoms with Gasteiger partial charge in [-0.25, -0.2) is 4.98 Å². The molecule has 1 atom stereocenters. The SMILES string of the molecule is Cc1cc2ccccc2nc1NC(C)CCl. The first kappa shape index (κ1) is 11.2. The second-order valence-corrected chi connectivity index (χ2v) is 4.35. The van der Waals surface area contributed by atoms with Gasteiger partial charge in [-0.3, -0.25) is 0 Å². The lowest BCUT2D eigenvalue weighted by Crippen LogP contribution is -2.18. The summed E-state index contributed by atoms with van der Waals surface area (Å²) < 4.78 is 0. The number of hydrogen-bond acceptors (Lipinski definition) is 2. The molecule has 0 fully saturated rings. The highest BCUT2D eigenvalue weighted by Gasteiger charge is 2.05. The van der Waals surface area contributed by atoms with Gasteiger partial charge in [-0.15, -0.1) is 11.6 Å². The maximum Gasteiger partial charge on any atom is 0.129 e. The molecular weight excluding hydrogens is 220 g/mol. The molecule has 1 N–H and O–H groups in total. The third-order valence-corrected chi connectivity index (χ3v) is 2.99. The standard InChI is InChI=1S/C13H15ClN2/c1-9-7-11-5-3-4-6-12(11)16-13(9)15-10(2)8-14/h3-7,10H,8H2,1-2H3,(H,15,16). The van der Waals surface area contributed by atoms with E-state index >= 15 is 0 Å². The van der Waals surface area contributed by atoms with Crippen molar-refractivity contribution in [3.8, 4) is 0 Å². The van der Waals surface area contributed by atoms with Crippen molar-refractivity contribution >= 4 is 28.3 Å².